The molecule has 2 aromatic rings. The van der Waals surface area contributed by atoms with Gasteiger partial charge in [0.2, 0.25) is 0 Å². The van der Waals surface area contributed by atoms with Crippen molar-refractivity contribution >= 4 is 28.8 Å². The molecule has 4 nitrogen and oxygen atoms in total. The van der Waals surface area contributed by atoms with Crippen LogP contribution in [0.15, 0.2) is 35.2 Å². The van der Waals surface area contributed by atoms with Gasteiger partial charge < -0.3 is 10.1 Å². The molecule has 1 N–H and O–H groups in total. The van der Waals surface area contributed by atoms with E-state index in [4.69, 9.17) is 16.3 Å². The third-order valence-corrected chi connectivity index (χ3v) is 4.11. The standard InChI is InChI=1S/C14H13ClN2O2S/c15-10-3-1-9(2-4-10)13-11(5-6-19-13)17-14(18)12-7-20-8-16-12/h1-4,7-8,11,13H,5-6H2,(H,17,18)/t11-,13-/m0/s1. The number of thiazole rings is 1. The molecule has 1 saturated heterocycles. The summed E-state index contributed by atoms with van der Waals surface area (Å²) in [5, 5.41) is 5.42. The average Bonchev–Trinajstić information content (AvgIpc) is 3.10. The number of amides is 1. The highest BCUT2D eigenvalue weighted by Gasteiger charge is 2.31. The number of halogens is 1. The molecule has 3 rings (SSSR count). The van der Waals surface area contributed by atoms with Crippen LogP contribution in [0.5, 0.6) is 0 Å². The molecule has 1 aliphatic heterocycles. The Labute approximate surface area is 125 Å². The van der Waals surface area contributed by atoms with E-state index in [0.29, 0.717) is 17.3 Å². The number of nitrogens with one attached hydrogen (secondary N) is 1. The van der Waals surface area contributed by atoms with Crippen LogP contribution < -0.4 is 5.32 Å². The van der Waals surface area contributed by atoms with E-state index in [9.17, 15) is 4.79 Å². The fourth-order valence-corrected chi connectivity index (χ4v) is 2.94. The van der Waals surface area contributed by atoms with Crippen LogP contribution >= 0.6 is 22.9 Å². The smallest absolute Gasteiger partial charge is 0.271 e. The first-order valence-corrected chi connectivity index (χ1v) is 7.62. The lowest BCUT2D eigenvalue weighted by atomic mass is 10.0. The Morgan fingerprint density at radius 3 is 2.90 bits per heavy atom. The summed E-state index contributed by atoms with van der Waals surface area (Å²) in [6.45, 7) is 0.634. The molecule has 20 heavy (non-hydrogen) atoms. The van der Waals surface area contributed by atoms with Crippen molar-refractivity contribution < 1.29 is 9.53 Å². The van der Waals surface area contributed by atoms with E-state index in [-0.39, 0.29) is 18.1 Å². The van der Waals surface area contributed by atoms with Crippen LogP contribution in [0.25, 0.3) is 0 Å². The van der Waals surface area contributed by atoms with Gasteiger partial charge in [-0.05, 0) is 24.1 Å². The second-order valence-corrected chi connectivity index (χ2v) is 5.74. The summed E-state index contributed by atoms with van der Waals surface area (Å²) in [5.41, 5.74) is 3.13. The van der Waals surface area contributed by atoms with E-state index in [2.05, 4.69) is 10.3 Å². The Morgan fingerprint density at radius 1 is 1.40 bits per heavy atom. The van der Waals surface area contributed by atoms with Crippen LogP contribution in [0, 0.1) is 0 Å². The average molecular weight is 309 g/mol. The Hall–Kier alpha value is -1.43. The number of ether oxygens (including phenoxy) is 1. The van der Waals surface area contributed by atoms with Gasteiger partial charge in [-0.2, -0.15) is 0 Å². The van der Waals surface area contributed by atoms with E-state index in [1.807, 2.05) is 24.3 Å². The van der Waals surface area contributed by atoms with Crippen molar-refractivity contribution in [2.45, 2.75) is 18.6 Å². The van der Waals surface area contributed by atoms with Gasteiger partial charge in [-0.15, -0.1) is 11.3 Å². The molecule has 2 heterocycles. The van der Waals surface area contributed by atoms with Gasteiger partial charge in [0.15, 0.2) is 0 Å². The Morgan fingerprint density at radius 2 is 2.20 bits per heavy atom. The number of hydrogen-bond donors (Lipinski definition) is 1. The molecule has 1 aromatic carbocycles. The first kappa shape index (κ1) is 13.5. The minimum absolute atomic E-state index is 0.0367. The summed E-state index contributed by atoms with van der Waals surface area (Å²) < 4.78 is 5.73. The molecule has 104 valence electrons. The number of carbonyl (C=O) groups excluding carboxylic acids is 1. The van der Waals surface area contributed by atoms with Gasteiger partial charge in [0.05, 0.1) is 11.6 Å². The fourth-order valence-electron chi connectivity index (χ4n) is 2.29. The summed E-state index contributed by atoms with van der Waals surface area (Å²) in [4.78, 5) is 16.1. The third kappa shape index (κ3) is 2.85. The number of carbonyl (C=O) groups is 1. The Balaban J connectivity index is 1.72. The number of rotatable bonds is 3. The van der Waals surface area contributed by atoms with Crippen molar-refractivity contribution in [3.05, 3.63) is 51.4 Å². The summed E-state index contributed by atoms with van der Waals surface area (Å²) in [6, 6.07) is 7.49. The number of nitrogens with zero attached hydrogens (tertiary/aromatic N) is 1. The normalized spacial score (nSPS) is 21.9. The molecular formula is C14H13ClN2O2S. The van der Waals surface area contributed by atoms with Crippen LogP contribution in [0.3, 0.4) is 0 Å². The van der Waals surface area contributed by atoms with E-state index in [1.165, 1.54) is 11.3 Å². The maximum atomic E-state index is 12.0. The number of hydrogen-bond acceptors (Lipinski definition) is 4. The summed E-state index contributed by atoms with van der Waals surface area (Å²) in [5.74, 6) is -0.152. The van der Waals surface area contributed by atoms with Crippen molar-refractivity contribution in [2.75, 3.05) is 6.61 Å². The number of benzene rings is 1. The first-order chi connectivity index (χ1) is 9.74. The molecule has 0 unspecified atom stereocenters. The van der Waals surface area contributed by atoms with Crippen LogP contribution in [0.4, 0.5) is 0 Å². The lowest BCUT2D eigenvalue weighted by Crippen LogP contribution is -2.36. The lowest BCUT2D eigenvalue weighted by molar-refractivity contribution is 0.0818. The highest BCUT2D eigenvalue weighted by atomic mass is 35.5. The molecule has 1 amide bonds. The van der Waals surface area contributed by atoms with Gasteiger partial charge in [0.1, 0.15) is 11.8 Å². The van der Waals surface area contributed by atoms with Gasteiger partial charge in [-0.25, -0.2) is 4.98 Å². The van der Waals surface area contributed by atoms with Crippen molar-refractivity contribution in [3.8, 4) is 0 Å². The van der Waals surface area contributed by atoms with Crippen LogP contribution in [0.1, 0.15) is 28.6 Å². The summed E-state index contributed by atoms with van der Waals surface area (Å²) >= 11 is 7.30. The van der Waals surface area contributed by atoms with Crippen molar-refractivity contribution in [3.63, 3.8) is 0 Å². The SMILES string of the molecule is O=C(N[C@H]1CCO[C@H]1c1ccc(Cl)cc1)c1cscn1. The second-order valence-electron chi connectivity index (χ2n) is 4.59. The van der Waals surface area contributed by atoms with Crippen LogP contribution in [-0.4, -0.2) is 23.5 Å². The number of aromatic nitrogens is 1. The van der Waals surface area contributed by atoms with E-state index in [0.717, 1.165) is 12.0 Å². The van der Waals surface area contributed by atoms with Gasteiger partial charge in [0.25, 0.3) is 5.91 Å². The molecule has 1 aliphatic rings. The molecule has 0 radical (unpaired) electrons. The molecule has 2 atom stereocenters. The molecule has 0 spiro atoms. The van der Waals surface area contributed by atoms with Crippen molar-refractivity contribution in [1.82, 2.24) is 10.3 Å². The zero-order chi connectivity index (χ0) is 13.9. The van der Waals surface area contributed by atoms with Gasteiger partial charge >= 0.3 is 0 Å². The minimum Gasteiger partial charge on any atom is -0.371 e. The monoisotopic (exact) mass is 308 g/mol. The van der Waals surface area contributed by atoms with Crippen molar-refractivity contribution in [1.29, 1.82) is 0 Å². The van der Waals surface area contributed by atoms with Gasteiger partial charge in [-0.3, -0.25) is 4.79 Å². The van der Waals surface area contributed by atoms with E-state index < -0.39 is 0 Å². The summed E-state index contributed by atoms with van der Waals surface area (Å²) in [7, 11) is 0. The highest BCUT2D eigenvalue weighted by molar-refractivity contribution is 7.07. The zero-order valence-corrected chi connectivity index (χ0v) is 12.2. The van der Waals surface area contributed by atoms with Crippen LogP contribution in [-0.2, 0) is 4.74 Å². The largest absolute Gasteiger partial charge is 0.371 e. The predicted molar refractivity (Wildman–Crippen MR) is 78.1 cm³/mol. The third-order valence-electron chi connectivity index (χ3n) is 3.27. The predicted octanol–water partition coefficient (Wildman–Crippen LogP) is 3.06. The second kappa shape index (κ2) is 5.91. The fraction of sp³-hybridized carbons (Fsp3) is 0.286. The van der Waals surface area contributed by atoms with E-state index in [1.54, 1.807) is 10.9 Å². The highest BCUT2D eigenvalue weighted by Crippen LogP contribution is 2.30. The van der Waals surface area contributed by atoms with E-state index >= 15 is 0 Å². The molecule has 0 aliphatic carbocycles. The topological polar surface area (TPSA) is 51.2 Å². The first-order valence-electron chi connectivity index (χ1n) is 6.30. The van der Waals surface area contributed by atoms with Crippen LogP contribution in [0.2, 0.25) is 5.02 Å². The minimum atomic E-state index is -0.152. The molecule has 0 saturated carbocycles. The Kier molecular flexibility index (Phi) is 4.00. The molecule has 0 bridgehead atoms. The summed E-state index contributed by atoms with van der Waals surface area (Å²) in [6.07, 6.45) is 0.665. The lowest BCUT2D eigenvalue weighted by Gasteiger charge is -2.19. The zero-order valence-electron chi connectivity index (χ0n) is 10.6. The maximum Gasteiger partial charge on any atom is 0.271 e. The van der Waals surface area contributed by atoms with Crippen molar-refractivity contribution in [2.24, 2.45) is 0 Å². The quantitative estimate of drug-likeness (QED) is 0.948. The van der Waals surface area contributed by atoms with Gasteiger partial charge in [-0.1, -0.05) is 23.7 Å². The molecular weight excluding hydrogens is 296 g/mol. The molecule has 1 aromatic heterocycles. The van der Waals surface area contributed by atoms with Gasteiger partial charge in [0, 0.05) is 17.0 Å². The molecule has 1 fully saturated rings. The Bertz CT molecular complexity index is 586. The maximum absolute atomic E-state index is 12.0. The molecule has 6 heteroatoms.